The van der Waals surface area contributed by atoms with Crippen LogP contribution in [0.25, 0.3) is 0 Å². The van der Waals surface area contributed by atoms with Crippen LogP contribution >= 0.6 is 0 Å². The van der Waals surface area contributed by atoms with E-state index in [2.05, 4.69) is 25.9 Å². The maximum atomic E-state index is 6.22. The van der Waals surface area contributed by atoms with Gasteiger partial charge in [0.1, 0.15) is 31.0 Å². The molecule has 0 bridgehead atoms. The second-order valence-corrected chi connectivity index (χ2v) is 7.17. The van der Waals surface area contributed by atoms with Crippen molar-refractivity contribution >= 4 is 6.21 Å². The Morgan fingerprint density at radius 2 is 1.80 bits per heavy atom. The fourth-order valence-electron chi connectivity index (χ4n) is 3.04. The quantitative estimate of drug-likeness (QED) is 0.190. The summed E-state index contributed by atoms with van der Waals surface area (Å²) in [5.41, 5.74) is 3.11. The molecule has 0 saturated heterocycles. The fourth-order valence-corrected chi connectivity index (χ4v) is 3.04. The van der Waals surface area contributed by atoms with E-state index in [1.165, 1.54) is 7.11 Å². The number of ether oxygens (including phenoxy) is 3. The van der Waals surface area contributed by atoms with Gasteiger partial charge in [0.25, 0.3) is 0 Å². The highest BCUT2D eigenvalue weighted by atomic mass is 16.6. The van der Waals surface area contributed by atoms with Gasteiger partial charge in [-0.25, -0.2) is 0 Å². The first kappa shape index (κ1) is 23.3. The van der Waals surface area contributed by atoms with Crippen molar-refractivity contribution in [2.45, 2.75) is 46.6 Å². The predicted octanol–water partition coefficient (Wildman–Crippen LogP) is 5.87. The molecule has 1 atom stereocenters. The van der Waals surface area contributed by atoms with Crippen LogP contribution in [0.4, 0.5) is 0 Å². The van der Waals surface area contributed by atoms with E-state index in [-0.39, 0.29) is 6.10 Å². The van der Waals surface area contributed by atoms with Crippen molar-refractivity contribution in [2.75, 3.05) is 20.3 Å². The lowest BCUT2D eigenvalue weighted by Crippen LogP contribution is -2.14. The smallest absolute Gasteiger partial charge is 0.125 e. The Labute approximate surface area is 180 Å². The van der Waals surface area contributed by atoms with Gasteiger partial charge in [-0.15, -0.1) is 0 Å². The van der Waals surface area contributed by atoms with Gasteiger partial charge in [0, 0.05) is 0 Å². The molecule has 0 spiro atoms. The Balaban J connectivity index is 1.80. The molecule has 5 heteroatoms. The molecule has 0 amide bonds. The summed E-state index contributed by atoms with van der Waals surface area (Å²) in [6.07, 6.45) is 7.53. The normalized spacial score (nSPS) is 12.3. The Kier molecular flexibility index (Phi) is 9.78. The summed E-state index contributed by atoms with van der Waals surface area (Å²) >= 11 is 0. The molecule has 0 heterocycles. The van der Waals surface area contributed by atoms with Crippen molar-refractivity contribution in [3.05, 3.63) is 65.2 Å². The van der Waals surface area contributed by atoms with Crippen LogP contribution in [0.2, 0.25) is 0 Å². The highest BCUT2D eigenvalue weighted by Crippen LogP contribution is 2.30. The molecule has 162 valence electrons. The molecule has 1 unspecified atom stereocenters. The maximum absolute atomic E-state index is 6.22. The zero-order chi connectivity index (χ0) is 21.8. The highest BCUT2D eigenvalue weighted by molar-refractivity contribution is 5.79. The largest absolute Gasteiger partial charge is 0.494 e. The molecule has 0 saturated carbocycles. The van der Waals surface area contributed by atoms with Gasteiger partial charge in [0.15, 0.2) is 0 Å². The van der Waals surface area contributed by atoms with Crippen LogP contribution in [-0.4, -0.2) is 32.6 Å². The first-order chi connectivity index (χ1) is 14.5. The lowest BCUT2D eigenvalue weighted by molar-refractivity contribution is 0.191. The zero-order valence-electron chi connectivity index (χ0n) is 18.7. The fraction of sp³-hybridized carbons (Fsp3) is 0.400. The standard InChI is InChI=1S/C25H33NO4/c1-6-7-13-29-24-15-19(2)25(20(3)16-24)30-21(4)10-9-14-28-23-12-8-11-22(17-23)18-26-27-5/h6-8,11-12,15-18,21H,9-10,13-14H2,1-5H3/b7-6+,26-18+. The summed E-state index contributed by atoms with van der Waals surface area (Å²) in [6.45, 7) is 9.40. The minimum Gasteiger partial charge on any atom is -0.494 e. The number of benzene rings is 2. The molecule has 0 radical (unpaired) electrons. The maximum Gasteiger partial charge on any atom is 0.125 e. The Bertz CT molecular complexity index is 822. The highest BCUT2D eigenvalue weighted by Gasteiger charge is 2.11. The number of hydrogen-bond acceptors (Lipinski definition) is 5. The third-order valence-electron chi connectivity index (χ3n) is 4.52. The van der Waals surface area contributed by atoms with Crippen LogP contribution in [-0.2, 0) is 4.84 Å². The average molecular weight is 412 g/mol. The van der Waals surface area contributed by atoms with Gasteiger partial charge in [0.2, 0.25) is 0 Å². The summed E-state index contributed by atoms with van der Waals surface area (Å²) < 4.78 is 17.8. The molecule has 2 aromatic carbocycles. The SMILES string of the molecule is C/C=C/COc1cc(C)c(OC(C)CCCOc2cccc(/C=N/OC)c2)c(C)c1. The molecule has 30 heavy (non-hydrogen) atoms. The Morgan fingerprint density at radius 1 is 1.03 bits per heavy atom. The van der Waals surface area contributed by atoms with E-state index in [1.807, 2.05) is 55.5 Å². The van der Waals surface area contributed by atoms with E-state index in [9.17, 15) is 0 Å². The van der Waals surface area contributed by atoms with E-state index in [0.717, 1.165) is 46.8 Å². The van der Waals surface area contributed by atoms with E-state index < -0.39 is 0 Å². The second-order valence-electron chi connectivity index (χ2n) is 7.17. The molecular formula is C25H33NO4. The zero-order valence-corrected chi connectivity index (χ0v) is 18.7. The molecule has 2 aromatic rings. The number of nitrogens with zero attached hydrogens (tertiary/aromatic N) is 1. The first-order valence-electron chi connectivity index (χ1n) is 10.3. The number of oxime groups is 1. The molecule has 5 nitrogen and oxygen atoms in total. The molecule has 0 N–H and O–H groups in total. The number of allylic oxidation sites excluding steroid dienone is 1. The van der Waals surface area contributed by atoms with Crippen LogP contribution in [0.3, 0.4) is 0 Å². The lowest BCUT2D eigenvalue weighted by atomic mass is 10.1. The van der Waals surface area contributed by atoms with Crippen molar-refractivity contribution in [1.29, 1.82) is 0 Å². The minimum absolute atomic E-state index is 0.0981. The molecule has 0 aliphatic carbocycles. The molecular weight excluding hydrogens is 378 g/mol. The number of hydrogen-bond donors (Lipinski definition) is 0. The van der Waals surface area contributed by atoms with Crippen LogP contribution in [0, 0.1) is 13.8 Å². The molecule has 0 aromatic heterocycles. The van der Waals surface area contributed by atoms with Gasteiger partial charge in [-0.1, -0.05) is 29.4 Å². The van der Waals surface area contributed by atoms with E-state index in [0.29, 0.717) is 13.2 Å². The van der Waals surface area contributed by atoms with Crippen molar-refractivity contribution in [3.63, 3.8) is 0 Å². The minimum atomic E-state index is 0.0981. The third kappa shape index (κ3) is 7.82. The molecule has 0 fully saturated rings. The first-order valence-corrected chi connectivity index (χ1v) is 10.3. The van der Waals surface area contributed by atoms with Crippen molar-refractivity contribution in [3.8, 4) is 17.2 Å². The van der Waals surface area contributed by atoms with Crippen molar-refractivity contribution in [2.24, 2.45) is 5.16 Å². The van der Waals surface area contributed by atoms with Crippen molar-refractivity contribution in [1.82, 2.24) is 0 Å². The monoisotopic (exact) mass is 411 g/mol. The van der Waals surface area contributed by atoms with Gasteiger partial charge in [-0.3, -0.25) is 0 Å². The Hall–Kier alpha value is -2.95. The second kappa shape index (κ2) is 12.6. The summed E-state index contributed by atoms with van der Waals surface area (Å²) in [6, 6.07) is 11.8. The third-order valence-corrected chi connectivity index (χ3v) is 4.52. The summed E-state index contributed by atoms with van der Waals surface area (Å²) in [4.78, 5) is 4.71. The summed E-state index contributed by atoms with van der Waals surface area (Å²) in [5.74, 6) is 2.63. The van der Waals surface area contributed by atoms with E-state index in [4.69, 9.17) is 19.0 Å². The van der Waals surface area contributed by atoms with Gasteiger partial charge >= 0.3 is 0 Å². The van der Waals surface area contributed by atoms with Crippen LogP contribution in [0.15, 0.2) is 53.7 Å². The summed E-state index contributed by atoms with van der Waals surface area (Å²) in [7, 11) is 1.52. The van der Waals surface area contributed by atoms with Crippen LogP contribution in [0.1, 0.15) is 43.4 Å². The topological polar surface area (TPSA) is 49.3 Å². The molecule has 2 rings (SSSR count). The lowest BCUT2D eigenvalue weighted by Gasteiger charge is -2.19. The van der Waals surface area contributed by atoms with Gasteiger partial charge in [-0.05, 0) is 81.5 Å². The van der Waals surface area contributed by atoms with E-state index >= 15 is 0 Å². The number of aryl methyl sites for hydroxylation is 2. The summed E-state index contributed by atoms with van der Waals surface area (Å²) in [5, 5.41) is 3.77. The van der Waals surface area contributed by atoms with E-state index in [1.54, 1.807) is 6.21 Å². The molecule has 0 aliphatic rings. The van der Waals surface area contributed by atoms with Crippen molar-refractivity contribution < 1.29 is 19.0 Å². The molecule has 0 aliphatic heterocycles. The van der Waals surface area contributed by atoms with Gasteiger partial charge in [-0.2, -0.15) is 0 Å². The Morgan fingerprint density at radius 3 is 2.50 bits per heavy atom. The predicted molar refractivity (Wildman–Crippen MR) is 122 cm³/mol. The van der Waals surface area contributed by atoms with Crippen LogP contribution in [0.5, 0.6) is 17.2 Å². The van der Waals surface area contributed by atoms with Gasteiger partial charge < -0.3 is 19.0 Å². The average Bonchev–Trinajstić information content (AvgIpc) is 2.73. The van der Waals surface area contributed by atoms with Crippen LogP contribution < -0.4 is 14.2 Å². The van der Waals surface area contributed by atoms with Gasteiger partial charge in [0.05, 0.1) is 18.9 Å². The number of rotatable bonds is 12.